The molecule has 1 aromatic rings. The first-order chi connectivity index (χ1) is 12.1. The lowest BCUT2D eigenvalue weighted by molar-refractivity contribution is 0.0963. The van der Waals surface area contributed by atoms with Gasteiger partial charge in [0.05, 0.1) is 13.2 Å². The van der Waals surface area contributed by atoms with E-state index in [9.17, 15) is 4.79 Å². The van der Waals surface area contributed by atoms with Gasteiger partial charge in [-0.05, 0) is 38.8 Å². The number of piperidine rings is 1. The average Bonchev–Trinajstić information content (AvgIpc) is 2.61. The monoisotopic (exact) mass is 492 g/mol. The second-order valence-corrected chi connectivity index (χ2v) is 7.20. The molecule has 0 aromatic heterocycles. The van der Waals surface area contributed by atoms with Gasteiger partial charge in [-0.3, -0.25) is 4.99 Å². The fourth-order valence-corrected chi connectivity index (χ4v) is 3.39. The topological polar surface area (TPSA) is 80.0 Å². The zero-order valence-corrected chi connectivity index (χ0v) is 18.6. The second-order valence-electron chi connectivity index (χ2n) is 6.03. The molecule has 1 aromatic carbocycles. The largest absolute Gasteiger partial charge is 0.450 e. The molecule has 26 heavy (non-hydrogen) atoms. The van der Waals surface area contributed by atoms with E-state index in [1.165, 1.54) is 10.5 Å². The Kier molecular flexibility index (Phi) is 10.8. The third-order valence-electron chi connectivity index (χ3n) is 4.04. The van der Waals surface area contributed by atoms with Crippen molar-refractivity contribution in [3.05, 3.63) is 29.8 Å². The maximum absolute atomic E-state index is 11.7. The van der Waals surface area contributed by atoms with Crippen molar-refractivity contribution in [2.75, 3.05) is 32.0 Å². The summed E-state index contributed by atoms with van der Waals surface area (Å²) < 4.78 is 5.02. The number of halogens is 1. The van der Waals surface area contributed by atoms with Crippen molar-refractivity contribution in [2.45, 2.75) is 37.6 Å². The van der Waals surface area contributed by atoms with Gasteiger partial charge in [0.2, 0.25) is 0 Å². The highest BCUT2D eigenvalue weighted by Gasteiger charge is 2.23. The number of guanidine groups is 1. The third-order valence-corrected chi connectivity index (χ3v) is 5.03. The molecule has 1 aliphatic rings. The predicted molar refractivity (Wildman–Crippen MR) is 119 cm³/mol. The van der Waals surface area contributed by atoms with E-state index < -0.39 is 0 Å². The Morgan fingerprint density at radius 2 is 2.00 bits per heavy atom. The molecule has 0 radical (unpaired) electrons. The zero-order chi connectivity index (χ0) is 18.1. The molecule has 3 N–H and O–H groups in total. The maximum atomic E-state index is 11.7. The molecule has 0 saturated carbocycles. The van der Waals surface area contributed by atoms with Crippen LogP contribution >= 0.6 is 35.7 Å². The van der Waals surface area contributed by atoms with E-state index >= 15 is 0 Å². The number of nitrogens with two attached hydrogens (primary N) is 1. The standard InChI is InChI=1S/C18H28N4O2S.HI/c1-3-24-18(23)22-11-8-15(9-12-22)21-17(19)20-10-13-25-16-6-4-14(2)5-7-16;/h4-7,15H,3,8-13H2,1-2H3,(H3,19,20,21);1H. The SMILES string of the molecule is CCOC(=O)N1CCC(NC(N)=NCCSc2ccc(C)cc2)CC1.I. The van der Waals surface area contributed by atoms with Crippen LogP contribution in [0.15, 0.2) is 34.2 Å². The van der Waals surface area contributed by atoms with Gasteiger partial charge < -0.3 is 20.7 Å². The van der Waals surface area contributed by atoms with Crippen LogP contribution in [0.3, 0.4) is 0 Å². The number of likely N-dealkylation sites (tertiary alicyclic amines) is 1. The number of ether oxygens (including phenoxy) is 1. The molecule has 1 fully saturated rings. The summed E-state index contributed by atoms with van der Waals surface area (Å²) in [6.45, 7) is 6.37. The highest BCUT2D eigenvalue weighted by Crippen LogP contribution is 2.17. The molecule has 0 bridgehead atoms. The molecule has 1 amide bonds. The van der Waals surface area contributed by atoms with Crippen molar-refractivity contribution < 1.29 is 9.53 Å². The Balaban J connectivity index is 0.00000338. The summed E-state index contributed by atoms with van der Waals surface area (Å²) in [4.78, 5) is 19.1. The lowest BCUT2D eigenvalue weighted by atomic mass is 10.1. The number of thioether (sulfide) groups is 1. The molecule has 2 rings (SSSR count). The number of benzene rings is 1. The molecule has 1 saturated heterocycles. The van der Waals surface area contributed by atoms with E-state index in [4.69, 9.17) is 10.5 Å². The molecule has 146 valence electrons. The molecule has 0 atom stereocenters. The van der Waals surface area contributed by atoms with Crippen LogP contribution in [0, 0.1) is 6.92 Å². The third kappa shape index (κ3) is 8.03. The molecule has 8 heteroatoms. The van der Waals surface area contributed by atoms with Crippen LogP contribution in [-0.4, -0.2) is 55.0 Å². The van der Waals surface area contributed by atoms with Gasteiger partial charge in [-0.1, -0.05) is 17.7 Å². The molecular weight excluding hydrogens is 463 g/mol. The highest BCUT2D eigenvalue weighted by molar-refractivity contribution is 14.0. The van der Waals surface area contributed by atoms with Crippen molar-refractivity contribution in [3.8, 4) is 0 Å². The summed E-state index contributed by atoms with van der Waals surface area (Å²) in [5, 5.41) is 3.26. The molecule has 0 spiro atoms. The number of hydrogen-bond donors (Lipinski definition) is 2. The number of nitrogens with one attached hydrogen (secondary N) is 1. The summed E-state index contributed by atoms with van der Waals surface area (Å²) in [5.74, 6) is 1.38. The fraction of sp³-hybridized carbons (Fsp3) is 0.556. The van der Waals surface area contributed by atoms with Gasteiger partial charge in [0.1, 0.15) is 0 Å². The molecular formula is C18H29IN4O2S. The molecule has 0 aliphatic carbocycles. The van der Waals surface area contributed by atoms with Gasteiger partial charge >= 0.3 is 6.09 Å². The number of carbonyl (C=O) groups is 1. The van der Waals surface area contributed by atoms with E-state index in [1.54, 1.807) is 16.7 Å². The average molecular weight is 492 g/mol. The summed E-state index contributed by atoms with van der Waals surface area (Å²) in [5.41, 5.74) is 7.24. The second kappa shape index (κ2) is 12.3. The number of aryl methyl sites for hydroxylation is 1. The minimum atomic E-state index is -0.226. The Morgan fingerprint density at radius 3 is 2.62 bits per heavy atom. The van der Waals surface area contributed by atoms with E-state index in [-0.39, 0.29) is 36.1 Å². The Labute approximate surface area is 177 Å². The lowest BCUT2D eigenvalue weighted by Crippen LogP contribution is -2.48. The van der Waals surface area contributed by atoms with Gasteiger partial charge in [0.25, 0.3) is 0 Å². The number of nitrogens with zero attached hydrogens (tertiary/aromatic N) is 2. The predicted octanol–water partition coefficient (Wildman–Crippen LogP) is 3.23. The summed E-state index contributed by atoms with van der Waals surface area (Å²) >= 11 is 1.78. The number of hydrogen-bond acceptors (Lipinski definition) is 4. The van der Waals surface area contributed by atoms with Crippen LogP contribution in [0.25, 0.3) is 0 Å². The van der Waals surface area contributed by atoms with Crippen LogP contribution in [0.1, 0.15) is 25.3 Å². The minimum absolute atomic E-state index is 0. The van der Waals surface area contributed by atoms with Crippen molar-refractivity contribution in [1.82, 2.24) is 10.2 Å². The van der Waals surface area contributed by atoms with Crippen molar-refractivity contribution >= 4 is 47.8 Å². The first-order valence-corrected chi connectivity index (χ1v) is 9.74. The maximum Gasteiger partial charge on any atom is 0.409 e. The van der Waals surface area contributed by atoms with Crippen molar-refractivity contribution in [3.63, 3.8) is 0 Å². The Bertz CT molecular complexity index is 575. The lowest BCUT2D eigenvalue weighted by Gasteiger charge is -2.31. The van der Waals surface area contributed by atoms with Crippen LogP contribution in [0.4, 0.5) is 4.79 Å². The first kappa shape index (κ1) is 22.9. The van der Waals surface area contributed by atoms with Gasteiger partial charge in [0, 0.05) is 29.8 Å². The molecule has 6 nitrogen and oxygen atoms in total. The molecule has 1 aliphatic heterocycles. The fourth-order valence-electron chi connectivity index (χ4n) is 2.64. The van der Waals surface area contributed by atoms with Gasteiger partial charge in [-0.2, -0.15) is 0 Å². The summed E-state index contributed by atoms with van der Waals surface area (Å²) in [6, 6.07) is 8.75. The number of rotatable bonds is 6. The molecule has 1 heterocycles. The summed E-state index contributed by atoms with van der Waals surface area (Å²) in [6.07, 6.45) is 1.48. The van der Waals surface area contributed by atoms with E-state index in [0.29, 0.717) is 32.2 Å². The van der Waals surface area contributed by atoms with Crippen molar-refractivity contribution in [2.24, 2.45) is 10.7 Å². The minimum Gasteiger partial charge on any atom is -0.450 e. The Hall–Kier alpha value is -1.16. The van der Waals surface area contributed by atoms with E-state index in [0.717, 1.165) is 18.6 Å². The van der Waals surface area contributed by atoms with Gasteiger partial charge in [-0.25, -0.2) is 4.79 Å². The quantitative estimate of drug-likeness (QED) is 0.210. The van der Waals surface area contributed by atoms with E-state index in [1.807, 2.05) is 6.92 Å². The first-order valence-electron chi connectivity index (χ1n) is 8.76. The number of aliphatic imine (C=N–C) groups is 1. The van der Waals surface area contributed by atoms with Gasteiger partial charge in [-0.15, -0.1) is 35.7 Å². The van der Waals surface area contributed by atoms with Crippen LogP contribution in [-0.2, 0) is 4.74 Å². The normalized spacial score (nSPS) is 15.3. The highest BCUT2D eigenvalue weighted by atomic mass is 127. The van der Waals surface area contributed by atoms with Crippen LogP contribution in [0.5, 0.6) is 0 Å². The van der Waals surface area contributed by atoms with Crippen LogP contribution in [0.2, 0.25) is 0 Å². The van der Waals surface area contributed by atoms with Crippen LogP contribution < -0.4 is 11.1 Å². The van der Waals surface area contributed by atoms with Gasteiger partial charge in [0.15, 0.2) is 5.96 Å². The van der Waals surface area contributed by atoms with Crippen molar-refractivity contribution in [1.29, 1.82) is 0 Å². The smallest absolute Gasteiger partial charge is 0.409 e. The van der Waals surface area contributed by atoms with E-state index in [2.05, 4.69) is 41.5 Å². The number of amides is 1. The zero-order valence-electron chi connectivity index (χ0n) is 15.4. The number of carbonyl (C=O) groups excluding carboxylic acids is 1. The summed E-state index contributed by atoms with van der Waals surface area (Å²) in [7, 11) is 0. The molecule has 0 unspecified atom stereocenters. The Morgan fingerprint density at radius 1 is 1.35 bits per heavy atom.